The van der Waals surface area contributed by atoms with E-state index in [0.29, 0.717) is 18.3 Å². The number of piperidine rings is 1. The Morgan fingerprint density at radius 3 is 2.19 bits per heavy atom. The molecule has 1 aromatic carbocycles. The second-order valence-corrected chi connectivity index (χ2v) is 10.6. The normalized spacial score (nSPS) is 17.0. The van der Waals surface area contributed by atoms with Gasteiger partial charge >= 0.3 is 0 Å². The lowest BCUT2D eigenvalue weighted by Gasteiger charge is -2.31. The smallest absolute Gasteiger partial charge is 0.254 e. The van der Waals surface area contributed by atoms with Crippen LogP contribution in [0.15, 0.2) is 24.4 Å². The molecule has 0 unspecified atom stereocenters. The fourth-order valence-corrected chi connectivity index (χ4v) is 3.69. The summed E-state index contributed by atoms with van der Waals surface area (Å²) in [7, 11) is 0. The molecule has 1 aliphatic heterocycles. The maximum absolute atomic E-state index is 12.1. The molecule has 1 aromatic heterocycles. The van der Waals surface area contributed by atoms with Gasteiger partial charge in [0.2, 0.25) is 5.95 Å². The quantitative estimate of drug-likeness (QED) is 0.628. The maximum Gasteiger partial charge on any atom is 0.254 e. The topological polar surface area (TPSA) is 110 Å². The van der Waals surface area contributed by atoms with E-state index in [0.717, 1.165) is 25.1 Å². The van der Waals surface area contributed by atoms with Gasteiger partial charge in [0.05, 0.1) is 0 Å². The number of carbonyl (C=O) groups is 1. The Hall–Kier alpha value is -2.38. The Labute approximate surface area is 197 Å². The summed E-state index contributed by atoms with van der Waals surface area (Å²) in [6.45, 7) is 14.7. The average molecular weight is 461 g/mol. The maximum atomic E-state index is 12.1. The number of amides is 1. The Bertz CT molecular complexity index is 932. The van der Waals surface area contributed by atoms with Crippen LogP contribution < -0.4 is 21.7 Å². The highest BCUT2D eigenvalue weighted by Gasteiger charge is 2.23. The summed E-state index contributed by atoms with van der Waals surface area (Å²) in [6.07, 6.45) is 3.50. The standard InChI is InChI=1S/C24H36N6O.ClH/c1-23(2,3)15-10-16(24(4,5)6)12-18(11-15)28-21-19(20(26)31)13-27-22(29-21)30-9-7-8-17(25)14-30;/h10-13,17H,7-9,14,25H2,1-6H3,(H2,26,31)(H,27,28,29);1H/t17-;/m1./s1. The van der Waals surface area contributed by atoms with Crippen molar-refractivity contribution in [3.63, 3.8) is 0 Å². The van der Waals surface area contributed by atoms with Crippen LogP contribution in [-0.2, 0) is 10.8 Å². The molecule has 1 atom stereocenters. The minimum atomic E-state index is -0.563. The second-order valence-electron chi connectivity index (χ2n) is 10.6. The zero-order valence-electron chi connectivity index (χ0n) is 20.0. The fraction of sp³-hybridized carbons (Fsp3) is 0.542. The highest BCUT2D eigenvalue weighted by Crippen LogP contribution is 2.33. The van der Waals surface area contributed by atoms with Crippen molar-refractivity contribution in [2.75, 3.05) is 23.3 Å². The Morgan fingerprint density at radius 2 is 1.69 bits per heavy atom. The molecule has 0 bridgehead atoms. The van der Waals surface area contributed by atoms with Crippen LogP contribution in [0.3, 0.4) is 0 Å². The molecule has 5 N–H and O–H groups in total. The first-order valence-electron chi connectivity index (χ1n) is 10.9. The molecule has 1 fully saturated rings. The van der Waals surface area contributed by atoms with Gasteiger partial charge in [0.25, 0.3) is 5.91 Å². The largest absolute Gasteiger partial charge is 0.365 e. The molecule has 8 heteroatoms. The second kappa shape index (κ2) is 9.63. The summed E-state index contributed by atoms with van der Waals surface area (Å²) in [6, 6.07) is 6.57. The fourth-order valence-electron chi connectivity index (χ4n) is 3.69. The van der Waals surface area contributed by atoms with Crippen LogP contribution in [0.4, 0.5) is 17.5 Å². The number of benzene rings is 1. The van der Waals surface area contributed by atoms with Crippen LogP contribution in [0.25, 0.3) is 0 Å². The first-order valence-corrected chi connectivity index (χ1v) is 10.9. The number of carbonyl (C=O) groups excluding carboxylic acids is 1. The van der Waals surface area contributed by atoms with Gasteiger partial charge in [-0.25, -0.2) is 4.98 Å². The van der Waals surface area contributed by atoms with Crippen LogP contribution in [0.1, 0.15) is 75.9 Å². The molecule has 0 aliphatic carbocycles. The first kappa shape index (κ1) is 25.9. The molecular formula is C24H37ClN6O. The number of nitrogens with two attached hydrogens (primary N) is 2. The summed E-state index contributed by atoms with van der Waals surface area (Å²) in [5, 5.41) is 3.36. The minimum absolute atomic E-state index is 0. The first-order chi connectivity index (χ1) is 14.3. The van der Waals surface area contributed by atoms with E-state index in [-0.39, 0.29) is 34.8 Å². The van der Waals surface area contributed by atoms with E-state index < -0.39 is 5.91 Å². The lowest BCUT2D eigenvalue weighted by molar-refractivity contribution is 0.100. The molecule has 1 amide bonds. The van der Waals surface area contributed by atoms with Gasteiger partial charge in [-0.2, -0.15) is 4.98 Å². The summed E-state index contributed by atoms with van der Waals surface area (Å²) < 4.78 is 0. The zero-order chi connectivity index (χ0) is 23.0. The van der Waals surface area contributed by atoms with E-state index in [2.05, 4.69) is 79.9 Å². The number of nitrogens with zero attached hydrogens (tertiary/aromatic N) is 3. The predicted molar refractivity (Wildman–Crippen MR) is 134 cm³/mol. The Balaban J connectivity index is 0.00000363. The molecule has 7 nitrogen and oxygen atoms in total. The highest BCUT2D eigenvalue weighted by molar-refractivity contribution is 5.98. The molecule has 0 radical (unpaired) electrons. The Morgan fingerprint density at radius 1 is 1.09 bits per heavy atom. The van der Waals surface area contributed by atoms with Crippen molar-refractivity contribution in [3.05, 3.63) is 41.1 Å². The third kappa shape index (κ3) is 6.11. The summed E-state index contributed by atoms with van der Waals surface area (Å²) in [5.41, 5.74) is 15.3. The molecule has 2 aromatic rings. The van der Waals surface area contributed by atoms with Gasteiger partial charge < -0.3 is 21.7 Å². The predicted octanol–water partition coefficient (Wildman–Crippen LogP) is 4.26. The van der Waals surface area contributed by atoms with E-state index in [1.54, 1.807) is 0 Å². The van der Waals surface area contributed by atoms with Crippen molar-refractivity contribution in [2.24, 2.45) is 11.5 Å². The number of aromatic nitrogens is 2. The van der Waals surface area contributed by atoms with Crippen molar-refractivity contribution < 1.29 is 4.79 Å². The molecule has 176 valence electrons. The Kier molecular flexibility index (Phi) is 7.79. The molecule has 32 heavy (non-hydrogen) atoms. The molecule has 0 saturated carbocycles. The van der Waals surface area contributed by atoms with Gasteiger partial charge in [0.1, 0.15) is 11.4 Å². The number of anilines is 3. The molecular weight excluding hydrogens is 424 g/mol. The third-order valence-corrected chi connectivity index (χ3v) is 5.71. The van der Waals surface area contributed by atoms with Gasteiger partial charge in [0, 0.05) is 31.0 Å². The number of nitrogens with one attached hydrogen (secondary N) is 1. The van der Waals surface area contributed by atoms with Crippen LogP contribution in [-0.4, -0.2) is 35.0 Å². The molecule has 1 saturated heterocycles. The van der Waals surface area contributed by atoms with Crippen molar-refractivity contribution in [1.29, 1.82) is 0 Å². The molecule has 3 rings (SSSR count). The number of hydrogen-bond donors (Lipinski definition) is 3. The monoisotopic (exact) mass is 460 g/mol. The lowest BCUT2D eigenvalue weighted by atomic mass is 9.80. The van der Waals surface area contributed by atoms with Crippen molar-refractivity contribution in [1.82, 2.24) is 9.97 Å². The van der Waals surface area contributed by atoms with E-state index in [4.69, 9.17) is 11.5 Å². The molecule has 0 spiro atoms. The third-order valence-electron chi connectivity index (χ3n) is 5.71. The zero-order valence-corrected chi connectivity index (χ0v) is 20.8. The van der Waals surface area contributed by atoms with Gasteiger partial charge in [-0.3, -0.25) is 4.79 Å². The summed E-state index contributed by atoms with van der Waals surface area (Å²) >= 11 is 0. The van der Waals surface area contributed by atoms with Crippen molar-refractivity contribution >= 4 is 35.8 Å². The number of rotatable bonds is 4. The summed E-state index contributed by atoms with van der Waals surface area (Å²) in [4.78, 5) is 23.2. The van der Waals surface area contributed by atoms with Crippen LogP contribution in [0, 0.1) is 0 Å². The lowest BCUT2D eigenvalue weighted by Crippen LogP contribution is -2.43. The van der Waals surface area contributed by atoms with Gasteiger partial charge in [-0.1, -0.05) is 47.6 Å². The van der Waals surface area contributed by atoms with Gasteiger partial charge in [0.15, 0.2) is 0 Å². The van der Waals surface area contributed by atoms with Crippen molar-refractivity contribution in [2.45, 2.75) is 71.3 Å². The van der Waals surface area contributed by atoms with E-state index in [1.807, 2.05) is 0 Å². The number of primary amides is 1. The van der Waals surface area contributed by atoms with Crippen LogP contribution in [0.2, 0.25) is 0 Å². The van der Waals surface area contributed by atoms with Gasteiger partial charge in [-0.15, -0.1) is 12.4 Å². The SMILES string of the molecule is CC(C)(C)c1cc(Nc2nc(N3CCC[C@@H](N)C3)ncc2C(N)=O)cc(C(C)(C)C)c1.Cl. The average Bonchev–Trinajstić information content (AvgIpc) is 2.66. The number of halogens is 1. The number of hydrogen-bond acceptors (Lipinski definition) is 6. The van der Waals surface area contributed by atoms with Crippen molar-refractivity contribution in [3.8, 4) is 0 Å². The highest BCUT2D eigenvalue weighted by atomic mass is 35.5. The van der Waals surface area contributed by atoms with Gasteiger partial charge in [-0.05, 0) is 46.9 Å². The minimum Gasteiger partial charge on any atom is -0.365 e. The van der Waals surface area contributed by atoms with E-state index in [9.17, 15) is 4.79 Å². The van der Waals surface area contributed by atoms with E-state index in [1.165, 1.54) is 17.3 Å². The van der Waals surface area contributed by atoms with Crippen LogP contribution >= 0.6 is 12.4 Å². The van der Waals surface area contributed by atoms with E-state index >= 15 is 0 Å². The molecule has 1 aliphatic rings. The summed E-state index contributed by atoms with van der Waals surface area (Å²) in [5.74, 6) is 0.417. The molecule has 2 heterocycles. The van der Waals surface area contributed by atoms with Crippen LogP contribution in [0.5, 0.6) is 0 Å².